The summed E-state index contributed by atoms with van der Waals surface area (Å²) < 4.78 is 1.55. The van der Waals surface area contributed by atoms with Gasteiger partial charge in [-0.05, 0) is 67.9 Å². The second kappa shape index (κ2) is 9.18. The van der Waals surface area contributed by atoms with Crippen molar-refractivity contribution >= 4 is 33.1 Å². The minimum Gasteiger partial charge on any atom is -0.325 e. The predicted octanol–water partition coefficient (Wildman–Crippen LogP) is 6.07. The zero-order valence-electron chi connectivity index (χ0n) is 19.9. The molecule has 0 bridgehead atoms. The summed E-state index contributed by atoms with van der Waals surface area (Å²) >= 11 is 1.64. The highest BCUT2D eigenvalue weighted by atomic mass is 32.1. The number of benzene rings is 2. The number of nitrogens with zero attached hydrogens (tertiary/aromatic N) is 2. The number of carbonyl (C=O) groups is 1. The van der Waals surface area contributed by atoms with E-state index in [4.69, 9.17) is 4.98 Å². The Morgan fingerprint density at radius 3 is 2.62 bits per heavy atom. The average Bonchev–Trinajstić information content (AvgIpc) is 3.20. The van der Waals surface area contributed by atoms with E-state index in [0.29, 0.717) is 17.1 Å². The molecule has 1 aliphatic rings. The number of nitrogens with one attached hydrogen (secondary N) is 1. The van der Waals surface area contributed by atoms with Gasteiger partial charge in [0.1, 0.15) is 17.2 Å². The summed E-state index contributed by atoms with van der Waals surface area (Å²) in [6.45, 7) is 6.21. The van der Waals surface area contributed by atoms with Gasteiger partial charge in [-0.15, -0.1) is 11.3 Å². The maximum absolute atomic E-state index is 13.8. The van der Waals surface area contributed by atoms with E-state index in [1.165, 1.54) is 10.4 Å². The molecule has 1 aliphatic carbocycles. The number of fused-ring (bicyclic) bond motifs is 3. The van der Waals surface area contributed by atoms with Gasteiger partial charge >= 0.3 is 0 Å². The molecule has 0 spiro atoms. The Morgan fingerprint density at radius 2 is 1.88 bits per heavy atom. The molecule has 4 aromatic rings. The normalized spacial score (nSPS) is 13.3. The van der Waals surface area contributed by atoms with Crippen LogP contribution in [-0.2, 0) is 24.2 Å². The Labute approximate surface area is 203 Å². The van der Waals surface area contributed by atoms with Crippen LogP contribution in [0.25, 0.3) is 21.6 Å². The van der Waals surface area contributed by atoms with Gasteiger partial charge < -0.3 is 5.32 Å². The summed E-state index contributed by atoms with van der Waals surface area (Å²) in [6, 6.07) is 15.8. The first kappa shape index (κ1) is 22.5. The van der Waals surface area contributed by atoms with E-state index in [1.807, 2.05) is 55.5 Å². The summed E-state index contributed by atoms with van der Waals surface area (Å²) in [6.07, 6.45) is 4.15. The lowest BCUT2D eigenvalue weighted by atomic mass is 9.97. The molecule has 2 heterocycles. The highest BCUT2D eigenvalue weighted by molar-refractivity contribution is 7.18. The van der Waals surface area contributed by atoms with Crippen molar-refractivity contribution in [1.82, 2.24) is 9.55 Å². The van der Waals surface area contributed by atoms with Gasteiger partial charge in [-0.1, -0.05) is 49.7 Å². The minimum atomic E-state index is -0.237. The number of rotatable bonds is 5. The molecule has 5 nitrogen and oxygen atoms in total. The summed E-state index contributed by atoms with van der Waals surface area (Å²) in [4.78, 5) is 33.9. The standard InChI is InChI=1S/C28H29N3O2S/c1-17(2)19-11-13-21(14-12-19)29-24(32)16-31-26(20-8-6-7-18(3)15-20)30-27-25(28(31)33)22-9-4-5-10-23(22)34-27/h6-8,11-15,17H,4-5,9-10,16H2,1-3H3,(H,29,32). The molecule has 0 atom stereocenters. The minimum absolute atomic E-state index is 0.0817. The van der Waals surface area contributed by atoms with Crippen LogP contribution >= 0.6 is 11.3 Å². The fraction of sp³-hybridized carbons (Fsp3) is 0.321. The summed E-state index contributed by atoms with van der Waals surface area (Å²) in [5.74, 6) is 0.734. The van der Waals surface area contributed by atoms with Crippen molar-refractivity contribution in [2.24, 2.45) is 0 Å². The third kappa shape index (κ3) is 4.30. The fourth-order valence-corrected chi connectivity index (χ4v) is 5.94. The number of carbonyl (C=O) groups excluding carboxylic acids is 1. The van der Waals surface area contributed by atoms with Gasteiger partial charge in [0.25, 0.3) is 5.56 Å². The summed E-state index contributed by atoms with van der Waals surface area (Å²) in [5.41, 5.74) is 4.89. The van der Waals surface area contributed by atoms with Crippen molar-refractivity contribution in [3.05, 3.63) is 80.5 Å². The van der Waals surface area contributed by atoms with Crippen LogP contribution < -0.4 is 10.9 Å². The third-order valence-corrected chi connectivity index (χ3v) is 7.70. The van der Waals surface area contributed by atoms with Crippen LogP contribution in [-0.4, -0.2) is 15.5 Å². The number of hydrogen-bond acceptors (Lipinski definition) is 4. The van der Waals surface area contributed by atoms with Crippen LogP contribution in [0.2, 0.25) is 0 Å². The van der Waals surface area contributed by atoms with Gasteiger partial charge in [0.15, 0.2) is 0 Å². The van der Waals surface area contributed by atoms with Gasteiger partial charge in [-0.2, -0.15) is 0 Å². The highest BCUT2D eigenvalue weighted by Crippen LogP contribution is 2.35. The molecule has 0 saturated carbocycles. The molecule has 1 N–H and O–H groups in total. The molecule has 0 unspecified atom stereocenters. The number of hydrogen-bond donors (Lipinski definition) is 1. The summed E-state index contributed by atoms with van der Waals surface area (Å²) in [5, 5.41) is 3.65. The van der Waals surface area contributed by atoms with Crippen LogP contribution in [0.3, 0.4) is 0 Å². The number of anilines is 1. The van der Waals surface area contributed by atoms with Gasteiger partial charge in [-0.25, -0.2) is 4.98 Å². The molecular formula is C28H29N3O2S. The van der Waals surface area contributed by atoms with Gasteiger partial charge in [0.05, 0.1) is 5.39 Å². The van der Waals surface area contributed by atoms with Gasteiger partial charge in [0.2, 0.25) is 5.91 Å². The molecule has 0 aliphatic heterocycles. The largest absolute Gasteiger partial charge is 0.325 e. The van der Waals surface area contributed by atoms with Crippen LogP contribution in [0.5, 0.6) is 0 Å². The molecular weight excluding hydrogens is 442 g/mol. The lowest BCUT2D eigenvalue weighted by Gasteiger charge is -2.15. The molecule has 2 aromatic carbocycles. The first-order chi connectivity index (χ1) is 16.4. The molecule has 0 fully saturated rings. The van der Waals surface area contributed by atoms with Gasteiger partial charge in [0, 0.05) is 16.1 Å². The fourth-order valence-electron chi connectivity index (χ4n) is 4.69. The molecule has 174 valence electrons. The molecule has 0 radical (unpaired) electrons. The van der Waals surface area contributed by atoms with E-state index < -0.39 is 0 Å². The van der Waals surface area contributed by atoms with Crippen molar-refractivity contribution in [3.8, 4) is 11.4 Å². The van der Waals surface area contributed by atoms with E-state index >= 15 is 0 Å². The lowest BCUT2D eigenvalue weighted by Crippen LogP contribution is -2.30. The molecule has 6 heteroatoms. The second-order valence-corrected chi connectivity index (χ2v) is 10.5. The van der Waals surface area contributed by atoms with Crippen molar-refractivity contribution in [2.75, 3.05) is 5.32 Å². The van der Waals surface area contributed by atoms with E-state index in [9.17, 15) is 9.59 Å². The van der Waals surface area contributed by atoms with Crippen molar-refractivity contribution in [1.29, 1.82) is 0 Å². The SMILES string of the molecule is Cc1cccc(-c2nc3sc4c(c3c(=O)n2CC(=O)Nc2ccc(C(C)C)cc2)CCCC4)c1. The molecule has 0 saturated heterocycles. The van der Waals surface area contributed by atoms with E-state index in [2.05, 4.69) is 19.2 Å². The number of aromatic nitrogens is 2. The van der Waals surface area contributed by atoms with Crippen molar-refractivity contribution in [2.45, 2.75) is 58.9 Å². The quantitative estimate of drug-likeness (QED) is 0.384. The van der Waals surface area contributed by atoms with E-state index in [0.717, 1.165) is 52.9 Å². The first-order valence-electron chi connectivity index (χ1n) is 11.9. The Kier molecular flexibility index (Phi) is 6.09. The van der Waals surface area contributed by atoms with Crippen LogP contribution in [0, 0.1) is 6.92 Å². The monoisotopic (exact) mass is 471 g/mol. The second-order valence-electron chi connectivity index (χ2n) is 9.41. The maximum atomic E-state index is 13.8. The van der Waals surface area contributed by atoms with Crippen molar-refractivity contribution < 1.29 is 4.79 Å². The third-order valence-electron chi connectivity index (χ3n) is 6.51. The maximum Gasteiger partial charge on any atom is 0.263 e. The molecule has 2 aromatic heterocycles. The first-order valence-corrected chi connectivity index (χ1v) is 12.7. The Morgan fingerprint density at radius 1 is 1.12 bits per heavy atom. The zero-order valence-corrected chi connectivity index (χ0v) is 20.7. The molecule has 34 heavy (non-hydrogen) atoms. The lowest BCUT2D eigenvalue weighted by molar-refractivity contribution is -0.116. The van der Waals surface area contributed by atoms with Gasteiger partial charge in [-0.3, -0.25) is 14.2 Å². The van der Waals surface area contributed by atoms with Crippen LogP contribution in [0.1, 0.15) is 54.2 Å². The van der Waals surface area contributed by atoms with E-state index in [-0.39, 0.29) is 18.0 Å². The molecule has 1 amide bonds. The summed E-state index contributed by atoms with van der Waals surface area (Å²) in [7, 11) is 0. The molecule has 5 rings (SSSR count). The van der Waals surface area contributed by atoms with Crippen LogP contribution in [0.4, 0.5) is 5.69 Å². The Balaban J connectivity index is 1.56. The van der Waals surface area contributed by atoms with E-state index in [1.54, 1.807) is 15.9 Å². The number of aryl methyl sites for hydroxylation is 3. The zero-order chi connectivity index (χ0) is 23.8. The Hall–Kier alpha value is -3.25. The highest BCUT2D eigenvalue weighted by Gasteiger charge is 2.23. The predicted molar refractivity (Wildman–Crippen MR) is 140 cm³/mol. The van der Waals surface area contributed by atoms with Crippen LogP contribution in [0.15, 0.2) is 53.3 Å². The topological polar surface area (TPSA) is 64.0 Å². The number of thiophene rings is 1. The van der Waals surface area contributed by atoms with Crippen molar-refractivity contribution in [3.63, 3.8) is 0 Å². The average molecular weight is 472 g/mol. The smallest absolute Gasteiger partial charge is 0.263 e. The number of amides is 1. The Bertz CT molecular complexity index is 1430.